The quantitative estimate of drug-likeness (QED) is 0.931. The van der Waals surface area contributed by atoms with Crippen LogP contribution in [0.1, 0.15) is 22.6 Å². The number of rotatable bonds is 4. The summed E-state index contributed by atoms with van der Waals surface area (Å²) in [5, 5.41) is 11.1. The lowest BCUT2D eigenvalue weighted by Gasteiger charge is -2.34. The number of halogens is 1. The molecule has 0 spiro atoms. The third-order valence-corrected chi connectivity index (χ3v) is 4.27. The second-order valence-electron chi connectivity index (χ2n) is 5.24. The maximum Gasteiger partial charge on any atom is 0.122 e. The summed E-state index contributed by atoms with van der Waals surface area (Å²) < 4.78 is 5.33. The minimum atomic E-state index is -0.405. The van der Waals surface area contributed by atoms with Gasteiger partial charge in [-0.05, 0) is 41.3 Å². The highest BCUT2D eigenvalue weighted by Crippen LogP contribution is 2.39. The molecule has 3 heteroatoms. The summed E-state index contributed by atoms with van der Waals surface area (Å²) in [5.74, 6) is 0.996. The first-order valence-corrected chi connectivity index (χ1v) is 7.15. The maximum absolute atomic E-state index is 10.5. The fourth-order valence-corrected chi connectivity index (χ4v) is 3.11. The number of aliphatic hydroxyl groups is 1. The minimum absolute atomic E-state index is 0.217. The molecule has 0 saturated carbocycles. The van der Waals surface area contributed by atoms with Crippen LogP contribution >= 0.6 is 11.6 Å². The molecule has 0 amide bonds. The van der Waals surface area contributed by atoms with Crippen LogP contribution in [0.3, 0.4) is 0 Å². The van der Waals surface area contributed by atoms with Crippen molar-refractivity contribution in [1.29, 1.82) is 0 Å². The van der Waals surface area contributed by atoms with Crippen LogP contribution < -0.4 is 4.74 Å². The molecule has 2 aromatic rings. The molecule has 20 heavy (non-hydrogen) atoms. The first-order valence-electron chi connectivity index (χ1n) is 6.77. The molecule has 1 aliphatic carbocycles. The van der Waals surface area contributed by atoms with Gasteiger partial charge in [-0.3, -0.25) is 0 Å². The zero-order chi connectivity index (χ0) is 14.1. The predicted molar refractivity (Wildman–Crippen MR) is 80.6 cm³/mol. The Morgan fingerprint density at radius 2 is 2.10 bits per heavy atom. The first-order chi connectivity index (χ1) is 9.69. The van der Waals surface area contributed by atoms with Gasteiger partial charge in [0.2, 0.25) is 0 Å². The van der Waals surface area contributed by atoms with E-state index in [0.717, 1.165) is 17.7 Å². The van der Waals surface area contributed by atoms with Gasteiger partial charge < -0.3 is 9.84 Å². The SMILES string of the molecule is COc1ccc(Cl)cc1CC(O)C1Cc2ccccc21. The van der Waals surface area contributed by atoms with Crippen molar-refractivity contribution in [2.24, 2.45) is 0 Å². The number of hydrogen-bond donors (Lipinski definition) is 1. The van der Waals surface area contributed by atoms with Crippen LogP contribution in [0.5, 0.6) is 5.75 Å². The van der Waals surface area contributed by atoms with Crippen molar-refractivity contribution in [2.75, 3.05) is 7.11 Å². The van der Waals surface area contributed by atoms with Crippen LogP contribution in [0.2, 0.25) is 5.02 Å². The minimum Gasteiger partial charge on any atom is -0.496 e. The second-order valence-corrected chi connectivity index (χ2v) is 5.67. The van der Waals surface area contributed by atoms with Crippen molar-refractivity contribution in [1.82, 2.24) is 0 Å². The van der Waals surface area contributed by atoms with Crippen molar-refractivity contribution >= 4 is 11.6 Å². The van der Waals surface area contributed by atoms with Gasteiger partial charge >= 0.3 is 0 Å². The fraction of sp³-hybridized carbons (Fsp3) is 0.294. The molecule has 0 bridgehead atoms. The maximum atomic E-state index is 10.5. The van der Waals surface area contributed by atoms with E-state index in [1.54, 1.807) is 13.2 Å². The average Bonchev–Trinajstić information content (AvgIpc) is 2.40. The van der Waals surface area contributed by atoms with Gasteiger partial charge in [-0.1, -0.05) is 35.9 Å². The van der Waals surface area contributed by atoms with E-state index < -0.39 is 6.10 Å². The standard InChI is InChI=1S/C17H17ClO2/c1-20-17-7-6-13(18)8-12(17)10-16(19)15-9-11-4-2-3-5-14(11)15/h2-8,15-16,19H,9-10H2,1H3. The number of aliphatic hydroxyl groups excluding tert-OH is 1. The van der Waals surface area contributed by atoms with E-state index in [1.807, 2.05) is 24.3 Å². The van der Waals surface area contributed by atoms with E-state index in [1.165, 1.54) is 11.1 Å². The van der Waals surface area contributed by atoms with Gasteiger partial charge in [0.15, 0.2) is 0 Å². The van der Waals surface area contributed by atoms with E-state index in [-0.39, 0.29) is 5.92 Å². The highest BCUT2D eigenvalue weighted by atomic mass is 35.5. The van der Waals surface area contributed by atoms with Gasteiger partial charge in [0.1, 0.15) is 5.75 Å². The van der Waals surface area contributed by atoms with Crippen molar-refractivity contribution in [2.45, 2.75) is 24.9 Å². The molecule has 2 nitrogen and oxygen atoms in total. The lowest BCUT2D eigenvalue weighted by Crippen LogP contribution is -2.30. The molecule has 1 aliphatic rings. The Balaban J connectivity index is 1.78. The van der Waals surface area contributed by atoms with Crippen LogP contribution in [-0.4, -0.2) is 18.3 Å². The Morgan fingerprint density at radius 3 is 2.85 bits per heavy atom. The molecule has 104 valence electrons. The van der Waals surface area contributed by atoms with Gasteiger partial charge in [-0.25, -0.2) is 0 Å². The molecule has 0 heterocycles. The molecule has 0 radical (unpaired) electrons. The van der Waals surface area contributed by atoms with E-state index in [0.29, 0.717) is 11.4 Å². The number of methoxy groups -OCH3 is 1. The topological polar surface area (TPSA) is 29.5 Å². The fourth-order valence-electron chi connectivity index (χ4n) is 2.92. The molecule has 3 rings (SSSR count). The predicted octanol–water partition coefficient (Wildman–Crippen LogP) is 3.59. The molecule has 1 N–H and O–H groups in total. The molecule has 0 saturated heterocycles. The van der Waals surface area contributed by atoms with E-state index in [9.17, 15) is 5.11 Å². The molecule has 0 aliphatic heterocycles. The van der Waals surface area contributed by atoms with Crippen LogP contribution in [0.15, 0.2) is 42.5 Å². The van der Waals surface area contributed by atoms with Gasteiger partial charge in [0, 0.05) is 17.4 Å². The summed E-state index contributed by atoms with van der Waals surface area (Å²) in [5.41, 5.74) is 3.56. The summed E-state index contributed by atoms with van der Waals surface area (Å²) in [7, 11) is 1.64. The van der Waals surface area contributed by atoms with Crippen LogP contribution in [-0.2, 0) is 12.8 Å². The van der Waals surface area contributed by atoms with Crippen molar-refractivity contribution < 1.29 is 9.84 Å². The molecule has 2 unspecified atom stereocenters. The van der Waals surface area contributed by atoms with Gasteiger partial charge in [0.05, 0.1) is 13.2 Å². The van der Waals surface area contributed by atoms with Crippen molar-refractivity contribution in [3.63, 3.8) is 0 Å². The Hall–Kier alpha value is -1.51. The zero-order valence-electron chi connectivity index (χ0n) is 11.3. The number of ether oxygens (including phenoxy) is 1. The van der Waals surface area contributed by atoms with Gasteiger partial charge in [-0.2, -0.15) is 0 Å². The molecular formula is C17H17ClO2. The summed E-state index contributed by atoms with van der Waals surface area (Å²) in [6.07, 6.45) is 1.10. The Morgan fingerprint density at radius 1 is 1.30 bits per heavy atom. The average molecular weight is 289 g/mol. The molecular weight excluding hydrogens is 272 g/mol. The third kappa shape index (κ3) is 2.41. The highest BCUT2D eigenvalue weighted by Gasteiger charge is 2.32. The zero-order valence-corrected chi connectivity index (χ0v) is 12.1. The molecule has 2 atom stereocenters. The molecule has 0 fully saturated rings. The highest BCUT2D eigenvalue weighted by molar-refractivity contribution is 6.30. The van der Waals surface area contributed by atoms with Crippen molar-refractivity contribution in [3.05, 3.63) is 64.2 Å². The van der Waals surface area contributed by atoms with Crippen molar-refractivity contribution in [3.8, 4) is 5.75 Å². The molecule has 0 aromatic heterocycles. The normalized spacial score (nSPS) is 18.1. The number of fused-ring (bicyclic) bond motifs is 1. The Bertz CT molecular complexity index is 624. The number of benzene rings is 2. The van der Waals surface area contributed by atoms with E-state index >= 15 is 0 Å². The monoisotopic (exact) mass is 288 g/mol. The summed E-state index contributed by atoms with van der Waals surface area (Å²) >= 11 is 6.03. The summed E-state index contributed by atoms with van der Waals surface area (Å²) in [6.45, 7) is 0. The lowest BCUT2D eigenvalue weighted by molar-refractivity contribution is 0.132. The molecule has 2 aromatic carbocycles. The summed E-state index contributed by atoms with van der Waals surface area (Å²) in [4.78, 5) is 0. The van der Waals surface area contributed by atoms with Gasteiger partial charge in [-0.15, -0.1) is 0 Å². The Kier molecular flexibility index (Phi) is 3.68. The van der Waals surface area contributed by atoms with Crippen LogP contribution in [0, 0.1) is 0 Å². The third-order valence-electron chi connectivity index (χ3n) is 4.03. The van der Waals surface area contributed by atoms with E-state index in [2.05, 4.69) is 12.1 Å². The smallest absolute Gasteiger partial charge is 0.122 e. The lowest BCUT2D eigenvalue weighted by atomic mass is 9.73. The van der Waals surface area contributed by atoms with E-state index in [4.69, 9.17) is 16.3 Å². The second kappa shape index (κ2) is 5.47. The largest absolute Gasteiger partial charge is 0.496 e. The van der Waals surface area contributed by atoms with Crippen LogP contribution in [0.4, 0.5) is 0 Å². The first kappa shape index (κ1) is 13.5. The number of hydrogen-bond acceptors (Lipinski definition) is 2. The Labute approximate surface area is 124 Å². The summed E-state index contributed by atoms with van der Waals surface area (Å²) in [6, 6.07) is 13.8. The van der Waals surface area contributed by atoms with Gasteiger partial charge in [0.25, 0.3) is 0 Å². The van der Waals surface area contributed by atoms with Crippen LogP contribution in [0.25, 0.3) is 0 Å².